The summed E-state index contributed by atoms with van der Waals surface area (Å²) >= 11 is 11.7. The summed E-state index contributed by atoms with van der Waals surface area (Å²) in [6.07, 6.45) is 4.03. The molecule has 23 heavy (non-hydrogen) atoms. The van der Waals surface area contributed by atoms with Crippen molar-refractivity contribution in [1.29, 1.82) is 0 Å². The van der Waals surface area contributed by atoms with E-state index in [1.165, 1.54) is 24.4 Å². The molecule has 1 amide bonds. The molecule has 1 N–H and O–H groups in total. The van der Waals surface area contributed by atoms with Crippen molar-refractivity contribution in [2.45, 2.75) is 0 Å². The van der Waals surface area contributed by atoms with Gasteiger partial charge in [-0.05, 0) is 30.3 Å². The maximum absolute atomic E-state index is 12.1. The third-order valence-electron chi connectivity index (χ3n) is 2.82. The molecule has 0 aliphatic carbocycles. The van der Waals surface area contributed by atoms with Crippen LogP contribution in [0.5, 0.6) is 0 Å². The first-order valence-electron chi connectivity index (χ1n) is 6.40. The smallest absolute Gasteiger partial charge is 0.245 e. The van der Waals surface area contributed by atoms with Crippen LogP contribution in [0.2, 0.25) is 10.0 Å². The number of hydrogen-bond acceptors (Lipinski definition) is 4. The van der Waals surface area contributed by atoms with Gasteiger partial charge in [-0.2, -0.15) is 0 Å². The molecule has 9 heteroatoms. The monoisotopic (exact) mass is 373 g/mol. The summed E-state index contributed by atoms with van der Waals surface area (Å²) < 4.78 is 24.9. The summed E-state index contributed by atoms with van der Waals surface area (Å²) in [4.78, 5) is 16.0. The maximum atomic E-state index is 12.1. The first kappa shape index (κ1) is 17.5. The molecule has 0 aliphatic heterocycles. The van der Waals surface area contributed by atoms with Crippen molar-refractivity contribution in [3.05, 3.63) is 52.8 Å². The fourth-order valence-electron chi connectivity index (χ4n) is 1.81. The molecule has 0 atom stereocenters. The Morgan fingerprint density at radius 3 is 2.57 bits per heavy atom. The number of carbonyl (C=O) groups excluding carboxylic acids is 1. The van der Waals surface area contributed by atoms with Gasteiger partial charge in [-0.3, -0.25) is 14.1 Å². The third kappa shape index (κ3) is 4.82. The van der Waals surface area contributed by atoms with Gasteiger partial charge >= 0.3 is 0 Å². The SMILES string of the molecule is CS(=O)(=O)N(CC(=O)Nc1cccnc1)c1ccc(Cl)c(Cl)c1. The topological polar surface area (TPSA) is 79.4 Å². The zero-order valence-electron chi connectivity index (χ0n) is 12.0. The second-order valence-corrected chi connectivity index (χ2v) is 7.38. The van der Waals surface area contributed by atoms with Crippen molar-refractivity contribution in [2.24, 2.45) is 0 Å². The van der Waals surface area contributed by atoms with E-state index in [4.69, 9.17) is 23.2 Å². The van der Waals surface area contributed by atoms with Crippen LogP contribution in [-0.2, 0) is 14.8 Å². The number of amides is 1. The Balaban J connectivity index is 2.23. The molecule has 0 fully saturated rings. The highest BCUT2D eigenvalue weighted by Crippen LogP contribution is 2.28. The largest absolute Gasteiger partial charge is 0.323 e. The lowest BCUT2D eigenvalue weighted by Crippen LogP contribution is -2.37. The van der Waals surface area contributed by atoms with E-state index in [0.717, 1.165) is 10.6 Å². The highest BCUT2D eigenvalue weighted by molar-refractivity contribution is 7.92. The summed E-state index contributed by atoms with van der Waals surface area (Å²) in [5, 5.41) is 3.07. The van der Waals surface area contributed by atoms with E-state index in [9.17, 15) is 13.2 Å². The molecule has 0 saturated carbocycles. The molecule has 1 heterocycles. The molecule has 0 unspecified atom stereocenters. The van der Waals surface area contributed by atoms with Gasteiger partial charge in [-0.1, -0.05) is 23.2 Å². The van der Waals surface area contributed by atoms with Crippen LogP contribution in [0.25, 0.3) is 0 Å². The van der Waals surface area contributed by atoms with Gasteiger partial charge in [-0.15, -0.1) is 0 Å². The fourth-order valence-corrected chi connectivity index (χ4v) is 2.95. The van der Waals surface area contributed by atoms with Crippen molar-refractivity contribution in [2.75, 3.05) is 22.4 Å². The zero-order valence-corrected chi connectivity index (χ0v) is 14.4. The Hall–Kier alpha value is -1.83. The zero-order chi connectivity index (χ0) is 17.0. The summed E-state index contributed by atoms with van der Waals surface area (Å²) in [5.74, 6) is -0.505. The average Bonchev–Trinajstić information content (AvgIpc) is 2.48. The van der Waals surface area contributed by atoms with Gasteiger partial charge in [-0.25, -0.2) is 8.42 Å². The standard InChI is InChI=1S/C14H13Cl2N3O3S/c1-23(21,22)19(11-4-5-12(15)13(16)7-11)9-14(20)18-10-3-2-6-17-8-10/h2-8H,9H2,1H3,(H,18,20). The van der Waals surface area contributed by atoms with Crippen LogP contribution in [0.1, 0.15) is 0 Å². The van der Waals surface area contributed by atoms with E-state index in [1.54, 1.807) is 18.3 Å². The molecule has 0 radical (unpaired) electrons. The molecule has 0 aliphatic rings. The van der Waals surface area contributed by atoms with E-state index in [-0.39, 0.29) is 10.7 Å². The Kier molecular flexibility index (Phi) is 5.46. The lowest BCUT2D eigenvalue weighted by molar-refractivity contribution is -0.114. The number of halogens is 2. The Morgan fingerprint density at radius 2 is 2.00 bits per heavy atom. The predicted octanol–water partition coefficient (Wildman–Crippen LogP) is 2.79. The Bertz CT molecular complexity index is 813. The Labute approximate surface area is 144 Å². The van der Waals surface area contributed by atoms with Crippen LogP contribution in [0.15, 0.2) is 42.7 Å². The quantitative estimate of drug-likeness (QED) is 0.873. The number of benzene rings is 1. The maximum Gasteiger partial charge on any atom is 0.245 e. The molecule has 122 valence electrons. The Morgan fingerprint density at radius 1 is 1.26 bits per heavy atom. The highest BCUT2D eigenvalue weighted by atomic mass is 35.5. The molecule has 6 nitrogen and oxygen atoms in total. The molecule has 1 aromatic carbocycles. The van der Waals surface area contributed by atoms with Crippen LogP contribution < -0.4 is 9.62 Å². The van der Waals surface area contributed by atoms with E-state index in [1.807, 2.05) is 0 Å². The van der Waals surface area contributed by atoms with Crippen LogP contribution in [-0.4, -0.2) is 32.1 Å². The normalized spacial score (nSPS) is 11.1. The first-order valence-corrected chi connectivity index (χ1v) is 9.00. The average molecular weight is 374 g/mol. The van der Waals surface area contributed by atoms with E-state index in [2.05, 4.69) is 10.3 Å². The van der Waals surface area contributed by atoms with Crippen LogP contribution >= 0.6 is 23.2 Å². The van der Waals surface area contributed by atoms with Crippen molar-refractivity contribution in [3.63, 3.8) is 0 Å². The molecular weight excluding hydrogens is 361 g/mol. The van der Waals surface area contributed by atoms with Gasteiger partial charge in [0.1, 0.15) is 6.54 Å². The van der Waals surface area contributed by atoms with Gasteiger partial charge in [0, 0.05) is 6.20 Å². The van der Waals surface area contributed by atoms with Crippen molar-refractivity contribution >= 4 is 50.5 Å². The third-order valence-corrected chi connectivity index (χ3v) is 4.70. The fraction of sp³-hybridized carbons (Fsp3) is 0.143. The van der Waals surface area contributed by atoms with Crippen LogP contribution in [0.4, 0.5) is 11.4 Å². The van der Waals surface area contributed by atoms with Gasteiger partial charge < -0.3 is 5.32 Å². The second-order valence-electron chi connectivity index (χ2n) is 4.66. The van der Waals surface area contributed by atoms with Gasteiger partial charge in [0.25, 0.3) is 0 Å². The molecule has 0 bridgehead atoms. The summed E-state index contributed by atoms with van der Waals surface area (Å²) in [6.45, 7) is -0.397. The van der Waals surface area contributed by atoms with Crippen LogP contribution in [0, 0.1) is 0 Å². The van der Waals surface area contributed by atoms with Gasteiger partial charge in [0.05, 0.1) is 33.9 Å². The minimum atomic E-state index is -3.68. The van der Waals surface area contributed by atoms with Crippen LogP contribution in [0.3, 0.4) is 0 Å². The number of anilines is 2. The molecule has 0 spiro atoms. The number of rotatable bonds is 5. The van der Waals surface area contributed by atoms with E-state index in [0.29, 0.717) is 10.7 Å². The number of hydrogen-bond donors (Lipinski definition) is 1. The number of nitrogens with zero attached hydrogens (tertiary/aromatic N) is 2. The van der Waals surface area contributed by atoms with Crippen molar-refractivity contribution < 1.29 is 13.2 Å². The molecular formula is C14H13Cl2N3O3S. The van der Waals surface area contributed by atoms with Crippen molar-refractivity contribution in [3.8, 4) is 0 Å². The van der Waals surface area contributed by atoms with E-state index < -0.39 is 22.5 Å². The van der Waals surface area contributed by atoms with Crippen molar-refractivity contribution in [1.82, 2.24) is 4.98 Å². The molecule has 2 aromatic rings. The highest BCUT2D eigenvalue weighted by Gasteiger charge is 2.21. The lowest BCUT2D eigenvalue weighted by atomic mass is 10.3. The minimum absolute atomic E-state index is 0.200. The molecule has 2 rings (SSSR count). The predicted molar refractivity (Wildman–Crippen MR) is 91.5 cm³/mol. The molecule has 0 saturated heterocycles. The number of sulfonamides is 1. The van der Waals surface area contributed by atoms with E-state index >= 15 is 0 Å². The number of pyridine rings is 1. The first-order chi connectivity index (χ1) is 10.8. The lowest BCUT2D eigenvalue weighted by Gasteiger charge is -2.22. The molecule has 1 aromatic heterocycles. The summed E-state index contributed by atoms with van der Waals surface area (Å²) in [6, 6.07) is 7.64. The second kappa shape index (κ2) is 7.16. The number of nitrogens with one attached hydrogen (secondary N) is 1. The summed E-state index contributed by atoms with van der Waals surface area (Å²) in [7, 11) is -3.68. The minimum Gasteiger partial charge on any atom is -0.323 e. The summed E-state index contributed by atoms with van der Waals surface area (Å²) in [5.41, 5.74) is 0.725. The van der Waals surface area contributed by atoms with Gasteiger partial charge in [0.2, 0.25) is 15.9 Å². The van der Waals surface area contributed by atoms with Gasteiger partial charge in [0.15, 0.2) is 0 Å². The number of aromatic nitrogens is 1. The number of carbonyl (C=O) groups is 1.